The van der Waals surface area contributed by atoms with E-state index in [-0.39, 0.29) is 0 Å². The summed E-state index contributed by atoms with van der Waals surface area (Å²) in [4.78, 5) is 0. The molecule has 0 aliphatic heterocycles. The molecule has 49 heavy (non-hydrogen) atoms. The van der Waals surface area contributed by atoms with Crippen molar-refractivity contribution in [2.45, 2.75) is 33.6 Å². The summed E-state index contributed by atoms with van der Waals surface area (Å²) >= 11 is 0. The van der Waals surface area contributed by atoms with Crippen LogP contribution in [0.4, 0.5) is 0 Å². The zero-order chi connectivity index (χ0) is 33.3. The van der Waals surface area contributed by atoms with Gasteiger partial charge in [0.25, 0.3) is 0 Å². The fourth-order valence-corrected chi connectivity index (χ4v) is 7.55. The lowest BCUT2D eigenvalue weighted by molar-refractivity contribution is 0.886. The summed E-state index contributed by atoms with van der Waals surface area (Å²) in [5.74, 6) is 0. The van der Waals surface area contributed by atoms with E-state index in [4.69, 9.17) is 0 Å². The molecule has 0 saturated heterocycles. The lowest BCUT2D eigenvalue weighted by Gasteiger charge is -2.16. The zero-order valence-corrected chi connectivity index (χ0v) is 28.4. The van der Waals surface area contributed by atoms with Crippen LogP contribution in [0.15, 0.2) is 158 Å². The van der Waals surface area contributed by atoms with Crippen LogP contribution in [0.5, 0.6) is 0 Å². The van der Waals surface area contributed by atoms with Crippen molar-refractivity contribution in [2.24, 2.45) is 0 Å². The molecule has 2 heteroatoms. The number of benzene rings is 6. The highest BCUT2D eigenvalue weighted by Crippen LogP contribution is 2.43. The molecule has 1 aliphatic carbocycles. The van der Waals surface area contributed by atoms with E-state index in [1.54, 1.807) is 0 Å². The maximum Gasteiger partial charge on any atom is 0.0625 e. The molecule has 0 fully saturated rings. The minimum atomic E-state index is 1.05. The minimum absolute atomic E-state index is 1.05. The monoisotopic (exact) mass is 632 g/mol. The van der Waals surface area contributed by atoms with E-state index in [9.17, 15) is 0 Å². The highest BCUT2D eigenvalue weighted by molar-refractivity contribution is 6.32. The van der Waals surface area contributed by atoms with Gasteiger partial charge in [0, 0.05) is 33.7 Å². The normalized spacial score (nSPS) is 13.2. The number of allylic oxidation sites excluding steroid dienone is 4. The Kier molecular flexibility index (Phi) is 8.07. The van der Waals surface area contributed by atoms with Gasteiger partial charge in [0.15, 0.2) is 0 Å². The van der Waals surface area contributed by atoms with Crippen LogP contribution in [0.3, 0.4) is 0 Å². The second kappa shape index (κ2) is 13.0. The first-order valence-electron chi connectivity index (χ1n) is 17.5. The highest BCUT2D eigenvalue weighted by Gasteiger charge is 2.19. The summed E-state index contributed by atoms with van der Waals surface area (Å²) in [5.41, 5.74) is 11.2. The van der Waals surface area contributed by atoms with Gasteiger partial charge < -0.3 is 9.13 Å². The Morgan fingerprint density at radius 3 is 2.02 bits per heavy atom. The van der Waals surface area contributed by atoms with Gasteiger partial charge in [-0.25, -0.2) is 0 Å². The average Bonchev–Trinajstić information content (AvgIpc) is 3.76. The standard InChI is InChI=1S/C45H34N2.C2H6/c1-31(24-26-42(32-14-4-2-5-15-32)46-29-28-33-16-8-13-23-41(33)46)34-25-27-43-40(30-34)44-38-21-11-9-19-36(38)37-20-10-12-22-39(37)45(44)47(43)35-17-6-3-7-18-35;1-2/h2-12,14-22,24-30H,13,23H2,1H3;1-2H3/b31-24+,42-26+;. The zero-order valence-electron chi connectivity index (χ0n) is 28.4. The number of aromatic nitrogens is 2. The third-order valence-electron chi connectivity index (χ3n) is 9.80. The molecule has 0 bridgehead atoms. The van der Waals surface area contributed by atoms with Crippen LogP contribution >= 0.6 is 0 Å². The van der Waals surface area contributed by atoms with Crippen molar-refractivity contribution in [1.82, 2.24) is 9.13 Å². The number of hydrogen-bond donors (Lipinski definition) is 0. The maximum absolute atomic E-state index is 2.46. The van der Waals surface area contributed by atoms with E-state index in [1.807, 2.05) is 13.8 Å². The van der Waals surface area contributed by atoms with Gasteiger partial charge in [-0.1, -0.05) is 135 Å². The molecule has 8 aromatic rings. The van der Waals surface area contributed by atoms with Gasteiger partial charge in [-0.15, -0.1) is 0 Å². The van der Waals surface area contributed by atoms with Crippen LogP contribution in [0.1, 0.15) is 49.6 Å². The molecule has 0 unspecified atom stereocenters. The van der Waals surface area contributed by atoms with Crippen LogP contribution < -0.4 is 0 Å². The predicted molar refractivity (Wildman–Crippen MR) is 212 cm³/mol. The molecule has 238 valence electrons. The average molecular weight is 633 g/mol. The number of nitrogens with zero attached hydrogens (tertiary/aromatic N) is 2. The van der Waals surface area contributed by atoms with Gasteiger partial charge in [-0.05, 0) is 94.6 Å². The molecule has 0 N–H and O–H groups in total. The summed E-state index contributed by atoms with van der Waals surface area (Å²) in [6.45, 7) is 6.23. The second-order valence-corrected chi connectivity index (χ2v) is 12.5. The van der Waals surface area contributed by atoms with E-state index in [2.05, 4.69) is 180 Å². The molecule has 2 heterocycles. The van der Waals surface area contributed by atoms with Crippen molar-refractivity contribution in [3.05, 3.63) is 180 Å². The van der Waals surface area contributed by atoms with Crippen molar-refractivity contribution in [2.75, 3.05) is 0 Å². The fourth-order valence-electron chi connectivity index (χ4n) is 7.55. The lowest BCUT2D eigenvalue weighted by Crippen LogP contribution is -2.05. The molecular weight excluding hydrogens is 593 g/mol. The summed E-state index contributed by atoms with van der Waals surface area (Å²) < 4.78 is 4.84. The van der Waals surface area contributed by atoms with Crippen LogP contribution in [-0.4, -0.2) is 9.13 Å². The molecule has 9 rings (SSSR count). The Morgan fingerprint density at radius 2 is 1.27 bits per heavy atom. The molecule has 6 aromatic carbocycles. The van der Waals surface area contributed by atoms with E-state index in [0.29, 0.717) is 0 Å². The van der Waals surface area contributed by atoms with E-state index in [0.717, 1.165) is 12.8 Å². The second-order valence-electron chi connectivity index (χ2n) is 12.5. The molecule has 2 aromatic heterocycles. The molecule has 0 radical (unpaired) electrons. The summed E-state index contributed by atoms with van der Waals surface area (Å²) in [6, 6.07) is 48.5. The maximum atomic E-state index is 2.46. The minimum Gasteiger partial charge on any atom is -0.320 e. The van der Waals surface area contributed by atoms with Gasteiger partial charge >= 0.3 is 0 Å². The molecule has 0 saturated carbocycles. The van der Waals surface area contributed by atoms with Crippen molar-refractivity contribution >= 4 is 60.7 Å². The molecule has 2 nitrogen and oxygen atoms in total. The highest BCUT2D eigenvalue weighted by atomic mass is 15.0. The molecule has 0 atom stereocenters. The first-order chi connectivity index (χ1) is 24.3. The third-order valence-corrected chi connectivity index (χ3v) is 9.80. The summed E-state index contributed by atoms with van der Waals surface area (Å²) in [5, 5.41) is 7.72. The predicted octanol–water partition coefficient (Wildman–Crippen LogP) is 12.9. The Bertz CT molecular complexity index is 2550. The van der Waals surface area contributed by atoms with Gasteiger partial charge in [0.1, 0.15) is 0 Å². The third kappa shape index (κ3) is 5.21. The molecular formula is C47H40N2. The van der Waals surface area contributed by atoms with Gasteiger partial charge in [-0.2, -0.15) is 0 Å². The molecule has 0 amide bonds. The summed E-state index contributed by atoms with van der Waals surface area (Å²) in [6.07, 6.45) is 13.5. The number of para-hydroxylation sites is 1. The smallest absolute Gasteiger partial charge is 0.0625 e. The van der Waals surface area contributed by atoms with Crippen LogP contribution in [0.2, 0.25) is 0 Å². The lowest BCUT2D eigenvalue weighted by atomic mass is 9.96. The SMILES string of the molecule is C/C(=C\C=C(/c1ccccc1)n1ccc2c1CCC=C2)c1ccc2c(c1)c1c3ccccc3c3ccccc3c1n2-c1ccccc1.CC. The summed E-state index contributed by atoms with van der Waals surface area (Å²) in [7, 11) is 0. The van der Waals surface area contributed by atoms with Crippen molar-refractivity contribution in [1.29, 1.82) is 0 Å². The van der Waals surface area contributed by atoms with E-state index < -0.39 is 0 Å². The quantitative estimate of drug-likeness (QED) is 0.132. The Hall–Kier alpha value is -5.86. The van der Waals surface area contributed by atoms with Crippen LogP contribution in [0.25, 0.3) is 66.4 Å². The molecule has 1 aliphatic rings. The fraction of sp³-hybridized carbons (Fsp3) is 0.106. The Balaban J connectivity index is 0.00000171. The van der Waals surface area contributed by atoms with Crippen molar-refractivity contribution in [3.8, 4) is 5.69 Å². The van der Waals surface area contributed by atoms with Gasteiger partial charge in [0.2, 0.25) is 0 Å². The number of fused-ring (bicyclic) bond motifs is 9. The topological polar surface area (TPSA) is 9.86 Å². The van der Waals surface area contributed by atoms with Crippen molar-refractivity contribution in [3.63, 3.8) is 0 Å². The molecule has 0 spiro atoms. The van der Waals surface area contributed by atoms with Crippen molar-refractivity contribution < 1.29 is 0 Å². The Labute approximate surface area is 288 Å². The van der Waals surface area contributed by atoms with Gasteiger partial charge in [0.05, 0.1) is 16.7 Å². The largest absolute Gasteiger partial charge is 0.320 e. The first kappa shape index (κ1) is 30.5. The van der Waals surface area contributed by atoms with E-state index in [1.165, 1.54) is 82.7 Å². The van der Waals surface area contributed by atoms with Crippen LogP contribution in [-0.2, 0) is 6.42 Å². The Morgan fingerprint density at radius 1 is 0.612 bits per heavy atom. The van der Waals surface area contributed by atoms with Crippen LogP contribution in [0, 0.1) is 0 Å². The number of hydrogen-bond acceptors (Lipinski definition) is 0. The first-order valence-corrected chi connectivity index (χ1v) is 17.5. The van der Waals surface area contributed by atoms with Gasteiger partial charge in [-0.3, -0.25) is 0 Å². The van der Waals surface area contributed by atoms with E-state index >= 15 is 0 Å². The number of rotatable bonds is 5.